The summed E-state index contributed by atoms with van der Waals surface area (Å²) in [6.07, 6.45) is 1.08. The van der Waals surface area contributed by atoms with Crippen molar-refractivity contribution in [2.24, 2.45) is 5.92 Å². The highest BCUT2D eigenvalue weighted by molar-refractivity contribution is 6.43. The van der Waals surface area contributed by atoms with Gasteiger partial charge in [-0.15, -0.1) is 0 Å². The third kappa shape index (κ3) is 3.34. The Labute approximate surface area is 112 Å². The quantitative estimate of drug-likeness (QED) is 0.618. The molecule has 0 aromatic heterocycles. The number of fused-ring (bicyclic) bond motifs is 1. The van der Waals surface area contributed by atoms with Gasteiger partial charge in [-0.3, -0.25) is 9.59 Å². The Bertz CT molecular complexity index is 491. The molecular formula is C15H18O4. The van der Waals surface area contributed by atoms with Gasteiger partial charge in [0.25, 0.3) is 0 Å². The Morgan fingerprint density at radius 2 is 1.84 bits per heavy atom. The number of hydrogen-bond acceptors (Lipinski definition) is 4. The molecule has 102 valence electrons. The topological polar surface area (TPSA) is 52.6 Å². The zero-order valence-electron chi connectivity index (χ0n) is 11.3. The molecule has 0 atom stereocenters. The summed E-state index contributed by atoms with van der Waals surface area (Å²) in [7, 11) is 0. The Morgan fingerprint density at radius 1 is 1.16 bits per heavy atom. The standard InChI is InChI=1S/C15H18O4/c1-10(2)8-12(16)15(17)11-4-5-13-14(9-11)19-7-3-6-18-13/h4-5,9-10H,3,6-8H2,1-2H3. The van der Waals surface area contributed by atoms with Crippen LogP contribution < -0.4 is 9.47 Å². The summed E-state index contributed by atoms with van der Waals surface area (Å²) >= 11 is 0. The Balaban J connectivity index is 2.19. The third-order valence-corrected chi connectivity index (χ3v) is 2.86. The van der Waals surface area contributed by atoms with Crippen LogP contribution in [0.4, 0.5) is 0 Å². The Hall–Kier alpha value is -1.84. The van der Waals surface area contributed by atoms with Gasteiger partial charge >= 0.3 is 0 Å². The lowest BCUT2D eigenvalue weighted by Gasteiger charge is -2.09. The number of carbonyl (C=O) groups is 2. The lowest BCUT2D eigenvalue weighted by atomic mass is 10.00. The fourth-order valence-corrected chi connectivity index (χ4v) is 1.93. The minimum Gasteiger partial charge on any atom is -0.490 e. The van der Waals surface area contributed by atoms with E-state index in [2.05, 4.69) is 0 Å². The number of carbonyl (C=O) groups excluding carboxylic acids is 2. The van der Waals surface area contributed by atoms with Crippen molar-refractivity contribution in [2.45, 2.75) is 26.7 Å². The summed E-state index contributed by atoms with van der Waals surface area (Å²) in [5, 5.41) is 0. The van der Waals surface area contributed by atoms with Gasteiger partial charge in [-0.2, -0.15) is 0 Å². The molecule has 0 aliphatic carbocycles. The first-order valence-electron chi connectivity index (χ1n) is 6.55. The van der Waals surface area contributed by atoms with Gasteiger partial charge in [-0.05, 0) is 24.1 Å². The number of rotatable bonds is 4. The van der Waals surface area contributed by atoms with E-state index < -0.39 is 5.78 Å². The van der Waals surface area contributed by atoms with Crippen LogP contribution in [0.25, 0.3) is 0 Å². The van der Waals surface area contributed by atoms with Gasteiger partial charge in [0, 0.05) is 18.4 Å². The normalized spacial score (nSPS) is 14.1. The molecule has 0 spiro atoms. The summed E-state index contributed by atoms with van der Waals surface area (Å²) in [6, 6.07) is 4.91. The van der Waals surface area contributed by atoms with E-state index in [0.717, 1.165) is 6.42 Å². The van der Waals surface area contributed by atoms with E-state index in [-0.39, 0.29) is 18.1 Å². The molecule has 0 fully saturated rings. The van der Waals surface area contributed by atoms with Gasteiger partial charge in [0.15, 0.2) is 11.5 Å². The van der Waals surface area contributed by atoms with Gasteiger partial charge in [-0.1, -0.05) is 13.8 Å². The van der Waals surface area contributed by atoms with E-state index in [4.69, 9.17) is 9.47 Å². The van der Waals surface area contributed by atoms with E-state index in [1.54, 1.807) is 18.2 Å². The number of benzene rings is 1. The Kier molecular flexibility index (Phi) is 4.20. The van der Waals surface area contributed by atoms with Crippen LogP contribution in [0.1, 0.15) is 37.0 Å². The number of ketones is 2. The number of hydrogen-bond donors (Lipinski definition) is 0. The largest absolute Gasteiger partial charge is 0.490 e. The first kappa shape index (κ1) is 13.6. The molecule has 1 aliphatic rings. The Morgan fingerprint density at radius 3 is 2.53 bits per heavy atom. The zero-order valence-corrected chi connectivity index (χ0v) is 11.3. The van der Waals surface area contributed by atoms with E-state index >= 15 is 0 Å². The molecule has 0 radical (unpaired) electrons. The monoisotopic (exact) mass is 262 g/mol. The highest BCUT2D eigenvalue weighted by Gasteiger charge is 2.20. The minimum atomic E-state index is -0.454. The molecular weight excluding hydrogens is 244 g/mol. The van der Waals surface area contributed by atoms with Gasteiger partial charge in [0.1, 0.15) is 0 Å². The molecule has 0 amide bonds. The SMILES string of the molecule is CC(C)CC(=O)C(=O)c1ccc2c(c1)OCCCO2. The summed E-state index contributed by atoms with van der Waals surface area (Å²) in [6.45, 7) is 5.00. The summed E-state index contributed by atoms with van der Waals surface area (Å²) in [4.78, 5) is 23.8. The molecule has 0 N–H and O–H groups in total. The van der Waals surface area contributed by atoms with Crippen LogP contribution in [0.15, 0.2) is 18.2 Å². The van der Waals surface area contributed by atoms with Crippen LogP contribution in [0.5, 0.6) is 11.5 Å². The second kappa shape index (κ2) is 5.87. The molecule has 0 bridgehead atoms. The first-order valence-corrected chi connectivity index (χ1v) is 6.55. The van der Waals surface area contributed by atoms with Gasteiger partial charge in [0.2, 0.25) is 11.6 Å². The maximum atomic E-state index is 12.0. The highest BCUT2D eigenvalue weighted by atomic mass is 16.5. The van der Waals surface area contributed by atoms with Crippen molar-refractivity contribution in [1.29, 1.82) is 0 Å². The van der Waals surface area contributed by atoms with Crippen LogP contribution in [0.3, 0.4) is 0 Å². The maximum absolute atomic E-state index is 12.0. The fourth-order valence-electron chi connectivity index (χ4n) is 1.93. The van der Waals surface area contributed by atoms with Crippen molar-refractivity contribution >= 4 is 11.6 Å². The van der Waals surface area contributed by atoms with Crippen molar-refractivity contribution in [3.8, 4) is 11.5 Å². The summed E-state index contributed by atoms with van der Waals surface area (Å²) in [5.41, 5.74) is 0.370. The van der Waals surface area contributed by atoms with Gasteiger partial charge in [0.05, 0.1) is 13.2 Å². The van der Waals surface area contributed by atoms with Crippen LogP contribution in [0.2, 0.25) is 0 Å². The molecule has 4 nitrogen and oxygen atoms in total. The van der Waals surface area contributed by atoms with Crippen molar-refractivity contribution in [3.63, 3.8) is 0 Å². The zero-order chi connectivity index (χ0) is 13.8. The molecule has 1 aromatic carbocycles. The molecule has 0 saturated heterocycles. The van der Waals surface area contributed by atoms with Crippen LogP contribution >= 0.6 is 0 Å². The highest BCUT2D eigenvalue weighted by Crippen LogP contribution is 2.30. The predicted octanol–water partition coefficient (Wildman–Crippen LogP) is 2.65. The van der Waals surface area contributed by atoms with Crippen molar-refractivity contribution in [3.05, 3.63) is 23.8 Å². The van der Waals surface area contributed by atoms with Crippen molar-refractivity contribution in [2.75, 3.05) is 13.2 Å². The number of Topliss-reactive ketones (excluding diaryl/α,β-unsaturated/α-hetero) is 2. The molecule has 1 aromatic rings. The third-order valence-electron chi connectivity index (χ3n) is 2.86. The van der Waals surface area contributed by atoms with E-state index in [1.807, 2.05) is 13.8 Å². The molecule has 4 heteroatoms. The predicted molar refractivity (Wildman–Crippen MR) is 70.8 cm³/mol. The van der Waals surface area contributed by atoms with Crippen LogP contribution in [-0.2, 0) is 4.79 Å². The molecule has 1 heterocycles. The average molecular weight is 262 g/mol. The van der Waals surface area contributed by atoms with E-state index in [9.17, 15) is 9.59 Å². The lowest BCUT2D eigenvalue weighted by molar-refractivity contribution is -0.115. The minimum absolute atomic E-state index is 0.178. The molecule has 0 saturated carbocycles. The van der Waals surface area contributed by atoms with Crippen LogP contribution in [0, 0.1) is 5.92 Å². The molecule has 0 unspecified atom stereocenters. The molecule has 19 heavy (non-hydrogen) atoms. The van der Waals surface area contributed by atoms with Crippen molar-refractivity contribution < 1.29 is 19.1 Å². The smallest absolute Gasteiger partial charge is 0.228 e. The van der Waals surface area contributed by atoms with Gasteiger partial charge < -0.3 is 9.47 Å². The first-order chi connectivity index (χ1) is 9.08. The molecule has 1 aliphatic heterocycles. The van der Waals surface area contributed by atoms with E-state index in [0.29, 0.717) is 30.3 Å². The van der Waals surface area contributed by atoms with Crippen LogP contribution in [-0.4, -0.2) is 24.8 Å². The second-order valence-corrected chi connectivity index (χ2v) is 5.06. The van der Waals surface area contributed by atoms with E-state index in [1.165, 1.54) is 0 Å². The summed E-state index contributed by atoms with van der Waals surface area (Å²) in [5.74, 6) is 0.539. The maximum Gasteiger partial charge on any atom is 0.228 e. The molecule has 2 rings (SSSR count). The average Bonchev–Trinajstić information content (AvgIpc) is 2.61. The fraction of sp³-hybridized carbons (Fsp3) is 0.467. The van der Waals surface area contributed by atoms with Gasteiger partial charge in [-0.25, -0.2) is 0 Å². The van der Waals surface area contributed by atoms with Crippen molar-refractivity contribution in [1.82, 2.24) is 0 Å². The summed E-state index contributed by atoms with van der Waals surface area (Å²) < 4.78 is 11.0. The number of ether oxygens (including phenoxy) is 2. The lowest BCUT2D eigenvalue weighted by Crippen LogP contribution is -2.16. The second-order valence-electron chi connectivity index (χ2n) is 5.06.